The standard InChI is InChI=1S/C14H23N5/c1-6-12-17-13(14(15)19(12)10(4)5)11-7-16-8-18(11)9(2)3/h7-10H,6,15H2,1-5H3. The van der Waals surface area contributed by atoms with Gasteiger partial charge in [-0.25, -0.2) is 9.97 Å². The van der Waals surface area contributed by atoms with E-state index in [-0.39, 0.29) is 0 Å². The van der Waals surface area contributed by atoms with E-state index in [1.165, 1.54) is 0 Å². The molecule has 5 nitrogen and oxygen atoms in total. The molecule has 19 heavy (non-hydrogen) atoms. The van der Waals surface area contributed by atoms with Gasteiger partial charge in [0.1, 0.15) is 17.3 Å². The highest BCUT2D eigenvalue weighted by molar-refractivity contribution is 5.68. The van der Waals surface area contributed by atoms with E-state index in [4.69, 9.17) is 10.7 Å². The van der Waals surface area contributed by atoms with Crippen LogP contribution in [0.1, 0.15) is 52.5 Å². The van der Waals surface area contributed by atoms with Crippen LogP contribution in [0.25, 0.3) is 11.4 Å². The minimum Gasteiger partial charge on any atom is -0.383 e. The Labute approximate surface area is 114 Å². The fourth-order valence-corrected chi connectivity index (χ4v) is 2.41. The summed E-state index contributed by atoms with van der Waals surface area (Å²) in [6.07, 6.45) is 4.54. The fourth-order valence-electron chi connectivity index (χ4n) is 2.41. The topological polar surface area (TPSA) is 61.7 Å². The Kier molecular flexibility index (Phi) is 3.64. The fraction of sp³-hybridized carbons (Fsp3) is 0.571. The van der Waals surface area contributed by atoms with Crippen molar-refractivity contribution in [1.82, 2.24) is 19.1 Å². The highest BCUT2D eigenvalue weighted by Gasteiger charge is 2.20. The Morgan fingerprint density at radius 1 is 1.21 bits per heavy atom. The number of nitrogen functional groups attached to an aromatic ring is 1. The Hall–Kier alpha value is -1.78. The maximum Gasteiger partial charge on any atom is 0.133 e. The molecule has 0 unspecified atom stereocenters. The number of anilines is 1. The van der Waals surface area contributed by atoms with Crippen molar-refractivity contribution >= 4 is 5.82 Å². The molecule has 0 aliphatic rings. The van der Waals surface area contributed by atoms with Crippen molar-refractivity contribution in [2.45, 2.75) is 53.1 Å². The molecule has 0 aliphatic carbocycles. The zero-order chi connectivity index (χ0) is 14.2. The van der Waals surface area contributed by atoms with Gasteiger partial charge in [0.05, 0.1) is 18.2 Å². The number of hydrogen-bond acceptors (Lipinski definition) is 3. The SMILES string of the molecule is CCc1nc(-c2cncn2C(C)C)c(N)n1C(C)C. The molecule has 0 radical (unpaired) electrons. The Morgan fingerprint density at radius 2 is 1.89 bits per heavy atom. The minimum absolute atomic E-state index is 0.312. The third-order valence-electron chi connectivity index (χ3n) is 3.32. The van der Waals surface area contributed by atoms with Crippen molar-refractivity contribution in [2.24, 2.45) is 0 Å². The van der Waals surface area contributed by atoms with Gasteiger partial charge in [-0.1, -0.05) is 6.92 Å². The molecular formula is C14H23N5. The average molecular weight is 261 g/mol. The number of aryl methyl sites for hydroxylation is 1. The molecule has 104 valence electrons. The van der Waals surface area contributed by atoms with Gasteiger partial charge >= 0.3 is 0 Å². The van der Waals surface area contributed by atoms with Crippen LogP contribution in [0.3, 0.4) is 0 Å². The van der Waals surface area contributed by atoms with Crippen molar-refractivity contribution in [3.8, 4) is 11.4 Å². The molecular weight excluding hydrogens is 238 g/mol. The molecule has 0 fully saturated rings. The zero-order valence-electron chi connectivity index (χ0n) is 12.4. The molecule has 0 spiro atoms. The van der Waals surface area contributed by atoms with E-state index in [1.54, 1.807) is 0 Å². The number of hydrogen-bond donors (Lipinski definition) is 1. The van der Waals surface area contributed by atoms with Crippen molar-refractivity contribution in [2.75, 3.05) is 5.73 Å². The van der Waals surface area contributed by atoms with Crippen molar-refractivity contribution < 1.29 is 0 Å². The van der Waals surface area contributed by atoms with E-state index in [2.05, 4.69) is 48.7 Å². The van der Waals surface area contributed by atoms with Crippen molar-refractivity contribution in [1.29, 1.82) is 0 Å². The number of nitrogens with zero attached hydrogens (tertiary/aromatic N) is 4. The molecule has 0 amide bonds. The summed E-state index contributed by atoms with van der Waals surface area (Å²) in [6, 6.07) is 0.651. The lowest BCUT2D eigenvalue weighted by Crippen LogP contribution is -2.09. The average Bonchev–Trinajstić information content (AvgIpc) is 2.92. The molecule has 0 saturated carbocycles. The maximum atomic E-state index is 6.30. The van der Waals surface area contributed by atoms with Gasteiger partial charge in [0, 0.05) is 18.5 Å². The number of rotatable bonds is 4. The Bertz CT molecular complexity index is 562. The summed E-state index contributed by atoms with van der Waals surface area (Å²) in [6.45, 7) is 10.6. The molecule has 2 aromatic heterocycles. The summed E-state index contributed by atoms with van der Waals surface area (Å²) in [5.41, 5.74) is 8.13. The first-order valence-electron chi connectivity index (χ1n) is 6.86. The lowest BCUT2D eigenvalue weighted by molar-refractivity contribution is 0.579. The lowest BCUT2D eigenvalue weighted by Gasteiger charge is -2.13. The van der Waals surface area contributed by atoms with Crippen LogP contribution >= 0.6 is 0 Å². The minimum atomic E-state index is 0.312. The van der Waals surface area contributed by atoms with Crippen LogP contribution in [0, 0.1) is 0 Å². The highest BCUT2D eigenvalue weighted by atomic mass is 15.2. The van der Waals surface area contributed by atoms with Crippen molar-refractivity contribution in [3.05, 3.63) is 18.3 Å². The van der Waals surface area contributed by atoms with Crippen LogP contribution in [0.2, 0.25) is 0 Å². The zero-order valence-corrected chi connectivity index (χ0v) is 12.4. The number of nitrogens with two attached hydrogens (primary N) is 1. The molecule has 2 N–H and O–H groups in total. The molecule has 2 aromatic rings. The molecule has 0 bridgehead atoms. The predicted octanol–water partition coefficient (Wildman–Crippen LogP) is 3.05. The van der Waals surface area contributed by atoms with Gasteiger partial charge in [0.2, 0.25) is 0 Å². The summed E-state index contributed by atoms with van der Waals surface area (Å²) in [4.78, 5) is 8.94. The maximum absolute atomic E-state index is 6.30. The Balaban J connectivity index is 2.60. The van der Waals surface area contributed by atoms with E-state index in [9.17, 15) is 0 Å². The molecule has 2 rings (SSSR count). The third-order valence-corrected chi connectivity index (χ3v) is 3.32. The predicted molar refractivity (Wildman–Crippen MR) is 78.0 cm³/mol. The monoisotopic (exact) mass is 261 g/mol. The third kappa shape index (κ3) is 2.25. The van der Waals surface area contributed by atoms with Crippen LogP contribution in [-0.2, 0) is 6.42 Å². The number of aromatic nitrogens is 4. The van der Waals surface area contributed by atoms with Gasteiger partial charge in [0.15, 0.2) is 0 Å². The second-order valence-electron chi connectivity index (χ2n) is 5.36. The van der Waals surface area contributed by atoms with Crippen LogP contribution in [0.15, 0.2) is 12.5 Å². The normalized spacial score (nSPS) is 11.7. The second-order valence-corrected chi connectivity index (χ2v) is 5.36. The molecule has 0 saturated heterocycles. The van der Waals surface area contributed by atoms with Crippen LogP contribution in [0.4, 0.5) is 5.82 Å². The molecule has 0 atom stereocenters. The van der Waals surface area contributed by atoms with Gasteiger partial charge in [-0.05, 0) is 27.7 Å². The van der Waals surface area contributed by atoms with E-state index in [1.807, 2.05) is 12.5 Å². The highest BCUT2D eigenvalue weighted by Crippen LogP contribution is 2.30. The summed E-state index contributed by atoms with van der Waals surface area (Å²) >= 11 is 0. The van der Waals surface area contributed by atoms with Gasteiger partial charge < -0.3 is 14.9 Å². The largest absolute Gasteiger partial charge is 0.383 e. The summed E-state index contributed by atoms with van der Waals surface area (Å²) < 4.78 is 4.20. The van der Waals surface area contributed by atoms with E-state index >= 15 is 0 Å². The van der Waals surface area contributed by atoms with E-state index in [0.29, 0.717) is 12.1 Å². The molecule has 0 aromatic carbocycles. The summed E-state index contributed by atoms with van der Waals surface area (Å²) in [5, 5.41) is 0. The lowest BCUT2D eigenvalue weighted by atomic mass is 10.3. The van der Waals surface area contributed by atoms with E-state index < -0.39 is 0 Å². The Morgan fingerprint density at radius 3 is 2.37 bits per heavy atom. The smallest absolute Gasteiger partial charge is 0.133 e. The van der Waals surface area contributed by atoms with Gasteiger partial charge in [-0.3, -0.25) is 0 Å². The summed E-state index contributed by atoms with van der Waals surface area (Å²) in [7, 11) is 0. The first kappa shape index (κ1) is 13.6. The van der Waals surface area contributed by atoms with Crippen LogP contribution in [-0.4, -0.2) is 19.1 Å². The molecule has 5 heteroatoms. The van der Waals surface area contributed by atoms with Gasteiger partial charge in [-0.15, -0.1) is 0 Å². The first-order valence-corrected chi connectivity index (χ1v) is 6.86. The van der Waals surface area contributed by atoms with E-state index in [0.717, 1.165) is 29.5 Å². The van der Waals surface area contributed by atoms with Crippen LogP contribution in [0.5, 0.6) is 0 Å². The summed E-state index contributed by atoms with van der Waals surface area (Å²) in [5.74, 6) is 1.76. The quantitative estimate of drug-likeness (QED) is 0.920. The second kappa shape index (κ2) is 5.07. The van der Waals surface area contributed by atoms with Crippen molar-refractivity contribution in [3.63, 3.8) is 0 Å². The first-order chi connectivity index (χ1) is 8.97. The molecule has 2 heterocycles. The van der Waals surface area contributed by atoms with Crippen LogP contribution < -0.4 is 5.73 Å². The molecule has 0 aliphatic heterocycles. The van der Waals surface area contributed by atoms with Gasteiger partial charge in [0.25, 0.3) is 0 Å². The number of imidazole rings is 2. The van der Waals surface area contributed by atoms with Gasteiger partial charge in [-0.2, -0.15) is 0 Å².